The standard InChI is InChI=1S/C27H26N6O6/c1-3-31(4-2)22-12-8-19(9-13-22)17-25(29-26(34)21-10-14-23(15-11-21)32(36)37)27(35)30-28-18-20-6-5-7-24(16-20)33(38)39/h5-18H,3-4H2,1-2H3,(H,29,34)(H,30,35)/b25-17+,28-18-. The Kier molecular flexibility index (Phi) is 9.57. The Hall–Kier alpha value is -5.39. The molecule has 0 aliphatic rings. The third-order valence-corrected chi connectivity index (χ3v) is 5.63. The molecule has 0 heterocycles. The molecule has 0 aliphatic carbocycles. The maximum absolute atomic E-state index is 13.0. The first kappa shape index (κ1) is 28.2. The molecule has 0 saturated carbocycles. The van der Waals surface area contributed by atoms with Crippen LogP contribution in [-0.2, 0) is 4.79 Å². The number of non-ortho nitro benzene ring substituents is 2. The minimum absolute atomic E-state index is 0.108. The number of carbonyl (C=O) groups is 2. The molecule has 2 N–H and O–H groups in total. The van der Waals surface area contributed by atoms with Gasteiger partial charge in [0.1, 0.15) is 5.70 Å². The lowest BCUT2D eigenvalue weighted by atomic mass is 10.1. The van der Waals surface area contributed by atoms with Gasteiger partial charge in [-0.25, -0.2) is 5.43 Å². The normalized spacial score (nSPS) is 11.2. The van der Waals surface area contributed by atoms with Crippen LogP contribution >= 0.6 is 0 Å². The lowest BCUT2D eigenvalue weighted by Crippen LogP contribution is -2.32. The van der Waals surface area contributed by atoms with Gasteiger partial charge in [0, 0.05) is 54.2 Å². The van der Waals surface area contributed by atoms with Gasteiger partial charge in [0.2, 0.25) is 0 Å². The van der Waals surface area contributed by atoms with Crippen LogP contribution in [0.3, 0.4) is 0 Å². The zero-order chi connectivity index (χ0) is 28.4. The van der Waals surface area contributed by atoms with Crippen LogP contribution in [0.5, 0.6) is 0 Å². The van der Waals surface area contributed by atoms with E-state index in [1.54, 1.807) is 18.2 Å². The average Bonchev–Trinajstić information content (AvgIpc) is 2.94. The van der Waals surface area contributed by atoms with Gasteiger partial charge >= 0.3 is 0 Å². The lowest BCUT2D eigenvalue weighted by Gasteiger charge is -2.20. The van der Waals surface area contributed by atoms with E-state index in [9.17, 15) is 29.8 Å². The number of nitrogens with zero attached hydrogens (tertiary/aromatic N) is 4. The molecule has 200 valence electrons. The highest BCUT2D eigenvalue weighted by molar-refractivity contribution is 6.05. The summed E-state index contributed by atoms with van der Waals surface area (Å²) in [5.41, 5.74) is 3.99. The van der Waals surface area contributed by atoms with Gasteiger partial charge in [0.05, 0.1) is 16.1 Å². The van der Waals surface area contributed by atoms with Gasteiger partial charge in [-0.15, -0.1) is 0 Å². The Bertz CT molecular complexity index is 1410. The van der Waals surface area contributed by atoms with Gasteiger partial charge < -0.3 is 10.2 Å². The smallest absolute Gasteiger partial charge is 0.287 e. The fourth-order valence-electron chi connectivity index (χ4n) is 3.57. The summed E-state index contributed by atoms with van der Waals surface area (Å²) in [6.45, 7) is 5.74. The number of benzene rings is 3. The zero-order valence-electron chi connectivity index (χ0n) is 21.2. The fraction of sp³-hybridized carbons (Fsp3) is 0.148. The molecule has 0 saturated heterocycles. The van der Waals surface area contributed by atoms with Crippen LogP contribution in [0.2, 0.25) is 0 Å². The molecule has 3 aromatic carbocycles. The highest BCUT2D eigenvalue weighted by Gasteiger charge is 2.16. The first-order valence-electron chi connectivity index (χ1n) is 11.9. The summed E-state index contributed by atoms with van der Waals surface area (Å²) in [5.74, 6) is -1.41. The number of rotatable bonds is 11. The second kappa shape index (κ2) is 13.2. The van der Waals surface area contributed by atoms with E-state index < -0.39 is 21.7 Å². The lowest BCUT2D eigenvalue weighted by molar-refractivity contribution is -0.385. The summed E-state index contributed by atoms with van der Waals surface area (Å²) in [7, 11) is 0. The minimum atomic E-state index is -0.750. The van der Waals surface area contributed by atoms with Gasteiger partial charge in [-0.2, -0.15) is 5.10 Å². The third-order valence-electron chi connectivity index (χ3n) is 5.63. The van der Waals surface area contributed by atoms with E-state index in [1.165, 1.54) is 54.8 Å². The molecular formula is C27H26N6O6. The number of hydrazone groups is 1. The van der Waals surface area contributed by atoms with Crippen molar-refractivity contribution in [2.75, 3.05) is 18.0 Å². The van der Waals surface area contributed by atoms with E-state index in [2.05, 4.69) is 20.7 Å². The van der Waals surface area contributed by atoms with E-state index in [1.807, 2.05) is 26.0 Å². The van der Waals surface area contributed by atoms with Crippen LogP contribution in [0, 0.1) is 20.2 Å². The Morgan fingerprint density at radius 2 is 1.51 bits per heavy atom. The molecule has 3 rings (SSSR count). The number of anilines is 1. The molecule has 0 fully saturated rings. The number of nitro benzene ring substituents is 2. The summed E-state index contributed by atoms with van der Waals surface area (Å²) < 4.78 is 0. The summed E-state index contributed by atoms with van der Waals surface area (Å²) in [6.07, 6.45) is 2.70. The summed E-state index contributed by atoms with van der Waals surface area (Å²) in [6, 6.07) is 18.0. The molecule has 3 aromatic rings. The second-order valence-electron chi connectivity index (χ2n) is 8.13. The predicted molar refractivity (Wildman–Crippen MR) is 147 cm³/mol. The Morgan fingerprint density at radius 1 is 0.872 bits per heavy atom. The zero-order valence-corrected chi connectivity index (χ0v) is 21.2. The van der Waals surface area contributed by atoms with Crippen molar-refractivity contribution in [3.8, 4) is 0 Å². The number of hydrogen-bond donors (Lipinski definition) is 2. The summed E-state index contributed by atoms with van der Waals surface area (Å²) in [4.78, 5) is 48.7. The third kappa shape index (κ3) is 7.79. The number of carbonyl (C=O) groups excluding carboxylic acids is 2. The molecule has 2 amide bonds. The van der Waals surface area contributed by atoms with Crippen LogP contribution in [0.1, 0.15) is 35.3 Å². The number of hydrogen-bond acceptors (Lipinski definition) is 8. The molecular weight excluding hydrogens is 504 g/mol. The Labute approximate surface area is 223 Å². The largest absolute Gasteiger partial charge is 0.372 e. The van der Waals surface area contributed by atoms with Crippen LogP contribution in [0.25, 0.3) is 6.08 Å². The van der Waals surface area contributed by atoms with Crippen LogP contribution in [0.15, 0.2) is 83.6 Å². The van der Waals surface area contributed by atoms with Crippen molar-refractivity contribution in [2.24, 2.45) is 5.10 Å². The quantitative estimate of drug-likeness (QED) is 0.162. The van der Waals surface area contributed by atoms with E-state index >= 15 is 0 Å². The topological polar surface area (TPSA) is 160 Å². The highest BCUT2D eigenvalue weighted by atomic mass is 16.6. The van der Waals surface area contributed by atoms with Crippen molar-refractivity contribution in [3.05, 3.63) is 115 Å². The van der Waals surface area contributed by atoms with Gasteiger partial charge in [-0.1, -0.05) is 24.3 Å². The van der Waals surface area contributed by atoms with Gasteiger partial charge in [0.25, 0.3) is 23.2 Å². The molecule has 0 aromatic heterocycles. The van der Waals surface area contributed by atoms with Crippen molar-refractivity contribution in [3.63, 3.8) is 0 Å². The molecule has 0 radical (unpaired) electrons. The maximum atomic E-state index is 13.0. The van der Waals surface area contributed by atoms with Gasteiger partial charge in [-0.05, 0) is 49.8 Å². The summed E-state index contributed by atoms with van der Waals surface area (Å²) in [5, 5.41) is 28.3. The SMILES string of the molecule is CCN(CC)c1ccc(/C=C(/NC(=O)c2ccc([N+](=O)[O-])cc2)C(=O)N/N=C\c2cccc([N+](=O)[O-])c2)cc1. The number of nitro groups is 2. The molecule has 0 unspecified atom stereocenters. The highest BCUT2D eigenvalue weighted by Crippen LogP contribution is 2.17. The van der Waals surface area contributed by atoms with Crippen molar-refractivity contribution < 1.29 is 19.4 Å². The van der Waals surface area contributed by atoms with E-state index in [4.69, 9.17) is 0 Å². The van der Waals surface area contributed by atoms with Gasteiger partial charge in [-0.3, -0.25) is 29.8 Å². The minimum Gasteiger partial charge on any atom is -0.372 e. The van der Waals surface area contributed by atoms with Crippen molar-refractivity contribution in [1.82, 2.24) is 10.7 Å². The average molecular weight is 531 g/mol. The van der Waals surface area contributed by atoms with E-state index in [-0.39, 0.29) is 22.6 Å². The monoisotopic (exact) mass is 530 g/mol. The van der Waals surface area contributed by atoms with Crippen molar-refractivity contribution >= 4 is 41.2 Å². The summed E-state index contributed by atoms with van der Waals surface area (Å²) >= 11 is 0. The van der Waals surface area contributed by atoms with Crippen molar-refractivity contribution in [1.29, 1.82) is 0 Å². The Balaban J connectivity index is 1.85. The van der Waals surface area contributed by atoms with Crippen molar-refractivity contribution in [2.45, 2.75) is 13.8 Å². The second-order valence-corrected chi connectivity index (χ2v) is 8.13. The van der Waals surface area contributed by atoms with E-state index in [0.717, 1.165) is 18.8 Å². The first-order valence-corrected chi connectivity index (χ1v) is 11.9. The first-order chi connectivity index (χ1) is 18.7. The predicted octanol–water partition coefficient (Wildman–Crippen LogP) is 4.27. The molecule has 0 aliphatic heterocycles. The van der Waals surface area contributed by atoms with Crippen LogP contribution < -0.4 is 15.6 Å². The molecule has 0 spiro atoms. The molecule has 0 atom stereocenters. The Morgan fingerprint density at radius 3 is 2.10 bits per heavy atom. The maximum Gasteiger partial charge on any atom is 0.287 e. The molecule has 0 bridgehead atoms. The van der Waals surface area contributed by atoms with Crippen LogP contribution in [-0.4, -0.2) is 41.0 Å². The molecule has 12 heteroatoms. The number of nitrogens with one attached hydrogen (secondary N) is 2. The van der Waals surface area contributed by atoms with E-state index in [0.29, 0.717) is 11.1 Å². The fourth-order valence-corrected chi connectivity index (χ4v) is 3.57. The molecule has 12 nitrogen and oxygen atoms in total. The molecule has 39 heavy (non-hydrogen) atoms. The van der Waals surface area contributed by atoms with Gasteiger partial charge in [0.15, 0.2) is 0 Å². The number of amides is 2. The van der Waals surface area contributed by atoms with Crippen LogP contribution in [0.4, 0.5) is 17.1 Å².